The minimum atomic E-state index is -0.412. The molecule has 1 aliphatic heterocycles. The number of imidazole rings is 1. The maximum absolute atomic E-state index is 13.8. The van der Waals surface area contributed by atoms with E-state index in [9.17, 15) is 4.39 Å². The molecule has 0 aliphatic carbocycles. The molecular weight excluding hydrogens is 295 g/mol. The van der Waals surface area contributed by atoms with E-state index in [2.05, 4.69) is 4.98 Å². The van der Waals surface area contributed by atoms with Crippen LogP contribution in [0.1, 0.15) is 25.1 Å². The average molecular weight is 313 g/mol. The lowest BCUT2D eigenvalue weighted by Gasteiger charge is -2.23. The molecule has 2 heterocycles. The first-order valence-corrected chi connectivity index (χ1v) is 7.66. The van der Waals surface area contributed by atoms with Crippen LogP contribution in [0.5, 0.6) is 5.75 Å². The molecule has 1 aromatic carbocycles. The summed E-state index contributed by atoms with van der Waals surface area (Å²) in [6.07, 6.45) is 3.47. The number of hydrogen-bond acceptors (Lipinski definition) is 3. The van der Waals surface area contributed by atoms with Gasteiger partial charge in [-0.3, -0.25) is 0 Å². The first kappa shape index (κ1) is 14.6. The Hall–Kier alpha value is -1.33. The summed E-state index contributed by atoms with van der Waals surface area (Å²) in [5.41, 5.74) is 1.43. The molecule has 0 spiro atoms. The molecule has 1 saturated heterocycles. The van der Waals surface area contributed by atoms with Crippen molar-refractivity contribution < 1.29 is 13.9 Å². The van der Waals surface area contributed by atoms with E-state index in [4.69, 9.17) is 21.1 Å². The second-order valence-corrected chi connectivity index (χ2v) is 5.50. The van der Waals surface area contributed by atoms with Crippen molar-refractivity contribution >= 4 is 22.6 Å². The van der Waals surface area contributed by atoms with Gasteiger partial charge in [-0.1, -0.05) is 0 Å². The first-order valence-electron chi connectivity index (χ1n) is 7.13. The zero-order chi connectivity index (χ0) is 14.8. The molecule has 2 aromatic rings. The monoisotopic (exact) mass is 312 g/mol. The number of halogens is 2. The van der Waals surface area contributed by atoms with Crippen molar-refractivity contribution in [2.75, 3.05) is 13.7 Å². The van der Waals surface area contributed by atoms with Crippen molar-refractivity contribution in [3.63, 3.8) is 0 Å². The first-order chi connectivity index (χ1) is 10.2. The molecule has 4 nitrogen and oxygen atoms in total. The highest BCUT2D eigenvalue weighted by atomic mass is 35.5. The summed E-state index contributed by atoms with van der Waals surface area (Å²) < 4.78 is 26.6. The van der Waals surface area contributed by atoms with Gasteiger partial charge in [-0.05, 0) is 19.3 Å². The summed E-state index contributed by atoms with van der Waals surface area (Å²) in [5.74, 6) is 0.818. The van der Waals surface area contributed by atoms with Gasteiger partial charge in [-0.15, -0.1) is 11.6 Å². The quantitative estimate of drug-likeness (QED) is 0.811. The fourth-order valence-electron chi connectivity index (χ4n) is 2.79. The molecule has 0 amide bonds. The number of rotatable bonds is 4. The van der Waals surface area contributed by atoms with Crippen LogP contribution in [0.3, 0.4) is 0 Å². The molecule has 0 radical (unpaired) electrons. The maximum Gasteiger partial charge on any atom is 0.167 e. The second kappa shape index (κ2) is 6.20. The van der Waals surface area contributed by atoms with Crippen LogP contribution in [0.15, 0.2) is 12.1 Å². The predicted molar refractivity (Wildman–Crippen MR) is 79.4 cm³/mol. The molecule has 0 bridgehead atoms. The SMILES string of the molecule is COc1cc2c(cc1F)nc(CCl)n2CC1CCCCO1. The normalized spacial score (nSPS) is 19.1. The standard InChI is InChI=1S/C15H18ClFN2O2/c1-20-14-7-13-12(6-11(14)17)18-15(8-16)19(13)9-10-4-2-3-5-21-10/h6-7,10H,2-5,8-9H2,1H3. The van der Waals surface area contributed by atoms with Crippen LogP contribution >= 0.6 is 11.6 Å². The van der Waals surface area contributed by atoms with Crippen LogP contribution in [-0.2, 0) is 17.2 Å². The molecule has 21 heavy (non-hydrogen) atoms. The molecule has 1 aromatic heterocycles. The van der Waals surface area contributed by atoms with E-state index in [1.165, 1.54) is 19.6 Å². The fourth-order valence-corrected chi connectivity index (χ4v) is 3.00. The Bertz CT molecular complexity index is 638. The van der Waals surface area contributed by atoms with E-state index in [1.807, 2.05) is 4.57 Å². The summed E-state index contributed by atoms with van der Waals surface area (Å²) in [6.45, 7) is 1.48. The lowest BCUT2D eigenvalue weighted by molar-refractivity contribution is 0.00627. The molecule has 6 heteroatoms. The van der Waals surface area contributed by atoms with Crippen LogP contribution < -0.4 is 4.74 Å². The number of benzene rings is 1. The van der Waals surface area contributed by atoms with Crippen LogP contribution in [0.2, 0.25) is 0 Å². The lowest BCUT2D eigenvalue weighted by atomic mass is 10.1. The third kappa shape index (κ3) is 2.85. The van der Waals surface area contributed by atoms with Crippen LogP contribution in [0.25, 0.3) is 11.0 Å². The molecule has 0 saturated carbocycles. The number of nitrogens with zero attached hydrogens (tertiary/aromatic N) is 2. The fraction of sp³-hybridized carbons (Fsp3) is 0.533. The van der Waals surface area contributed by atoms with E-state index in [0.29, 0.717) is 12.1 Å². The smallest absolute Gasteiger partial charge is 0.167 e. The molecule has 0 N–H and O–H groups in total. The van der Waals surface area contributed by atoms with Crippen molar-refractivity contribution in [3.05, 3.63) is 23.8 Å². The molecule has 1 fully saturated rings. The molecule has 114 valence electrons. The lowest BCUT2D eigenvalue weighted by Crippen LogP contribution is -2.25. The third-order valence-corrected chi connectivity index (χ3v) is 4.12. The number of fused-ring (bicyclic) bond motifs is 1. The van der Waals surface area contributed by atoms with Gasteiger partial charge in [-0.25, -0.2) is 9.37 Å². The number of methoxy groups -OCH3 is 1. The van der Waals surface area contributed by atoms with E-state index >= 15 is 0 Å². The van der Waals surface area contributed by atoms with Crippen molar-refractivity contribution in [3.8, 4) is 5.75 Å². The van der Waals surface area contributed by atoms with Crippen LogP contribution in [-0.4, -0.2) is 29.4 Å². The topological polar surface area (TPSA) is 36.3 Å². The van der Waals surface area contributed by atoms with Gasteiger partial charge in [0.05, 0.1) is 36.7 Å². The molecular formula is C15H18ClFN2O2. The van der Waals surface area contributed by atoms with Crippen LogP contribution in [0, 0.1) is 5.82 Å². The Morgan fingerprint density at radius 1 is 1.48 bits per heavy atom. The Morgan fingerprint density at radius 3 is 3.00 bits per heavy atom. The Kier molecular flexibility index (Phi) is 4.31. The zero-order valence-corrected chi connectivity index (χ0v) is 12.7. The summed E-state index contributed by atoms with van der Waals surface area (Å²) >= 11 is 5.99. The van der Waals surface area contributed by atoms with Gasteiger partial charge in [0.15, 0.2) is 11.6 Å². The van der Waals surface area contributed by atoms with Crippen LogP contribution in [0.4, 0.5) is 4.39 Å². The third-order valence-electron chi connectivity index (χ3n) is 3.88. The molecule has 1 aliphatic rings. The molecule has 1 unspecified atom stereocenters. The van der Waals surface area contributed by atoms with Crippen molar-refractivity contribution in [2.24, 2.45) is 0 Å². The van der Waals surface area contributed by atoms with Gasteiger partial charge < -0.3 is 14.0 Å². The van der Waals surface area contributed by atoms with Crippen molar-refractivity contribution in [1.82, 2.24) is 9.55 Å². The maximum atomic E-state index is 13.8. The van der Waals surface area contributed by atoms with Gasteiger partial charge in [0.25, 0.3) is 0 Å². The number of alkyl halides is 1. The molecule has 3 rings (SSSR count). The van der Waals surface area contributed by atoms with Gasteiger partial charge in [0.1, 0.15) is 5.82 Å². The zero-order valence-electron chi connectivity index (χ0n) is 11.9. The highest BCUT2D eigenvalue weighted by molar-refractivity contribution is 6.16. The minimum Gasteiger partial charge on any atom is -0.494 e. The van der Waals surface area contributed by atoms with E-state index < -0.39 is 5.82 Å². The van der Waals surface area contributed by atoms with Gasteiger partial charge in [-0.2, -0.15) is 0 Å². The number of aromatic nitrogens is 2. The van der Waals surface area contributed by atoms with E-state index in [0.717, 1.165) is 30.8 Å². The molecule has 1 atom stereocenters. The van der Waals surface area contributed by atoms with Gasteiger partial charge in [0.2, 0.25) is 0 Å². The minimum absolute atomic E-state index is 0.161. The number of ether oxygens (including phenoxy) is 2. The summed E-state index contributed by atoms with van der Waals surface area (Å²) in [5, 5.41) is 0. The summed E-state index contributed by atoms with van der Waals surface area (Å²) in [6, 6.07) is 3.07. The Labute approximate surface area is 127 Å². The summed E-state index contributed by atoms with van der Waals surface area (Å²) in [7, 11) is 1.46. The highest BCUT2D eigenvalue weighted by Gasteiger charge is 2.19. The Morgan fingerprint density at radius 2 is 2.33 bits per heavy atom. The van der Waals surface area contributed by atoms with Crippen molar-refractivity contribution in [1.29, 1.82) is 0 Å². The highest BCUT2D eigenvalue weighted by Crippen LogP contribution is 2.27. The summed E-state index contributed by atoms with van der Waals surface area (Å²) in [4.78, 5) is 4.41. The predicted octanol–water partition coefficient (Wildman–Crippen LogP) is 3.49. The van der Waals surface area contributed by atoms with Gasteiger partial charge in [0, 0.05) is 18.7 Å². The second-order valence-electron chi connectivity index (χ2n) is 5.24. The van der Waals surface area contributed by atoms with Gasteiger partial charge >= 0.3 is 0 Å². The van der Waals surface area contributed by atoms with Crippen molar-refractivity contribution in [2.45, 2.75) is 37.8 Å². The Balaban J connectivity index is 2.01. The number of hydrogen-bond donors (Lipinski definition) is 0. The van der Waals surface area contributed by atoms with E-state index in [-0.39, 0.29) is 17.7 Å². The largest absolute Gasteiger partial charge is 0.494 e. The average Bonchev–Trinajstić information content (AvgIpc) is 2.84. The van der Waals surface area contributed by atoms with E-state index in [1.54, 1.807) is 6.07 Å².